The average Bonchev–Trinajstić information content (AvgIpc) is 2.37. The number of rotatable bonds is 3. The quantitative estimate of drug-likeness (QED) is 0.891. The van der Waals surface area contributed by atoms with Crippen molar-refractivity contribution >= 4 is 15.9 Å². The van der Waals surface area contributed by atoms with E-state index in [4.69, 9.17) is 5.14 Å². The number of benzene rings is 1. The molecule has 7 heteroatoms. The van der Waals surface area contributed by atoms with Crippen LogP contribution in [0.3, 0.4) is 0 Å². The molecule has 2 rings (SSSR count). The largest absolute Gasteiger partial charge is 0.349 e. The summed E-state index contributed by atoms with van der Waals surface area (Å²) >= 11 is 0. The normalized spacial score (nSPS) is 22.8. The van der Waals surface area contributed by atoms with Gasteiger partial charge in [-0.2, -0.15) is 0 Å². The molecule has 2 unspecified atom stereocenters. The van der Waals surface area contributed by atoms with Crippen molar-refractivity contribution in [1.82, 2.24) is 5.32 Å². The SMILES string of the molecule is CC1CCCC(NC(=O)c2cc(F)cc(S(N)(=O)=O)c2)C1. The highest BCUT2D eigenvalue weighted by Gasteiger charge is 2.22. The molecule has 2 atom stereocenters. The number of carbonyl (C=O) groups excluding carboxylic acids is 1. The number of amides is 1. The number of nitrogens with two attached hydrogens (primary N) is 1. The van der Waals surface area contributed by atoms with Gasteiger partial charge in [-0.05, 0) is 37.0 Å². The van der Waals surface area contributed by atoms with Crippen LogP contribution >= 0.6 is 0 Å². The highest BCUT2D eigenvalue weighted by atomic mass is 32.2. The lowest BCUT2D eigenvalue weighted by molar-refractivity contribution is 0.0920. The molecular weight excluding hydrogens is 295 g/mol. The molecule has 21 heavy (non-hydrogen) atoms. The Bertz CT molecular complexity index is 646. The van der Waals surface area contributed by atoms with Crippen molar-refractivity contribution in [2.45, 2.75) is 43.5 Å². The van der Waals surface area contributed by atoms with Gasteiger partial charge < -0.3 is 5.32 Å². The molecule has 1 fully saturated rings. The van der Waals surface area contributed by atoms with E-state index in [1.165, 1.54) is 0 Å². The van der Waals surface area contributed by atoms with Crippen molar-refractivity contribution < 1.29 is 17.6 Å². The molecule has 1 amide bonds. The lowest BCUT2D eigenvalue weighted by Gasteiger charge is -2.27. The molecule has 0 aromatic heterocycles. The van der Waals surface area contributed by atoms with E-state index >= 15 is 0 Å². The van der Waals surface area contributed by atoms with Gasteiger partial charge in [-0.25, -0.2) is 17.9 Å². The highest BCUT2D eigenvalue weighted by Crippen LogP contribution is 2.24. The van der Waals surface area contributed by atoms with Crippen molar-refractivity contribution in [3.05, 3.63) is 29.6 Å². The number of primary sulfonamides is 1. The maximum absolute atomic E-state index is 13.5. The maximum Gasteiger partial charge on any atom is 0.251 e. The van der Waals surface area contributed by atoms with Crippen LogP contribution in [0.2, 0.25) is 0 Å². The van der Waals surface area contributed by atoms with Crippen LogP contribution in [0, 0.1) is 11.7 Å². The third-order valence-electron chi connectivity index (χ3n) is 3.73. The molecule has 0 spiro atoms. The zero-order chi connectivity index (χ0) is 15.6. The lowest BCUT2D eigenvalue weighted by Crippen LogP contribution is -2.38. The van der Waals surface area contributed by atoms with Crippen molar-refractivity contribution in [3.63, 3.8) is 0 Å². The van der Waals surface area contributed by atoms with E-state index in [1.807, 2.05) is 0 Å². The maximum atomic E-state index is 13.5. The third-order valence-corrected chi connectivity index (χ3v) is 4.63. The molecule has 1 aromatic carbocycles. The van der Waals surface area contributed by atoms with Crippen LogP contribution in [0.25, 0.3) is 0 Å². The summed E-state index contributed by atoms with van der Waals surface area (Å²) in [6, 6.07) is 2.95. The van der Waals surface area contributed by atoms with Gasteiger partial charge in [0, 0.05) is 11.6 Å². The number of carbonyl (C=O) groups is 1. The van der Waals surface area contributed by atoms with E-state index in [1.54, 1.807) is 0 Å². The highest BCUT2D eigenvalue weighted by molar-refractivity contribution is 7.89. The van der Waals surface area contributed by atoms with Crippen LogP contribution in [-0.4, -0.2) is 20.4 Å². The van der Waals surface area contributed by atoms with E-state index in [0.29, 0.717) is 5.92 Å². The summed E-state index contributed by atoms with van der Waals surface area (Å²) in [4.78, 5) is 11.7. The summed E-state index contributed by atoms with van der Waals surface area (Å²) in [5, 5.41) is 7.80. The molecule has 0 bridgehead atoms. The molecule has 1 aliphatic carbocycles. The molecule has 1 aromatic rings. The van der Waals surface area contributed by atoms with Crippen LogP contribution in [-0.2, 0) is 10.0 Å². The Labute approximate surface area is 123 Å². The predicted octanol–water partition coefficient (Wildman–Crippen LogP) is 1.78. The van der Waals surface area contributed by atoms with Crippen LogP contribution in [0.1, 0.15) is 43.0 Å². The second-order valence-electron chi connectivity index (χ2n) is 5.66. The summed E-state index contributed by atoms with van der Waals surface area (Å²) < 4.78 is 36.0. The molecule has 0 heterocycles. The van der Waals surface area contributed by atoms with Gasteiger partial charge in [-0.1, -0.05) is 19.8 Å². The van der Waals surface area contributed by atoms with Crippen molar-refractivity contribution in [2.24, 2.45) is 11.1 Å². The first-order chi connectivity index (χ1) is 9.75. The van der Waals surface area contributed by atoms with Crippen LogP contribution < -0.4 is 10.5 Å². The van der Waals surface area contributed by atoms with Crippen molar-refractivity contribution in [1.29, 1.82) is 0 Å². The topological polar surface area (TPSA) is 89.3 Å². The summed E-state index contributed by atoms with van der Waals surface area (Å²) in [6.45, 7) is 2.12. The molecular formula is C14H19FN2O3S. The predicted molar refractivity (Wildman–Crippen MR) is 76.7 cm³/mol. The number of sulfonamides is 1. The van der Waals surface area contributed by atoms with Gasteiger partial charge in [-0.15, -0.1) is 0 Å². The minimum atomic E-state index is -4.04. The van der Waals surface area contributed by atoms with Gasteiger partial charge in [0.05, 0.1) is 4.90 Å². The van der Waals surface area contributed by atoms with E-state index in [0.717, 1.165) is 43.9 Å². The van der Waals surface area contributed by atoms with Crippen molar-refractivity contribution in [3.8, 4) is 0 Å². The Kier molecular flexibility index (Phi) is 4.63. The Balaban J connectivity index is 2.17. The Morgan fingerprint density at radius 1 is 1.33 bits per heavy atom. The monoisotopic (exact) mass is 314 g/mol. The number of hydrogen-bond donors (Lipinski definition) is 2. The van der Waals surface area contributed by atoms with Crippen LogP contribution in [0.5, 0.6) is 0 Å². The number of halogens is 1. The Morgan fingerprint density at radius 2 is 2.05 bits per heavy atom. The minimum Gasteiger partial charge on any atom is -0.349 e. The van der Waals surface area contributed by atoms with Gasteiger partial charge in [-0.3, -0.25) is 4.79 Å². The summed E-state index contributed by atoms with van der Waals surface area (Å²) in [5.41, 5.74) is -0.0303. The van der Waals surface area contributed by atoms with Gasteiger partial charge in [0.25, 0.3) is 5.91 Å². The number of nitrogens with one attached hydrogen (secondary N) is 1. The zero-order valence-electron chi connectivity index (χ0n) is 11.8. The first-order valence-electron chi connectivity index (χ1n) is 6.90. The second kappa shape index (κ2) is 6.11. The molecule has 0 aliphatic heterocycles. The molecule has 3 N–H and O–H groups in total. The molecule has 116 valence electrons. The Morgan fingerprint density at radius 3 is 2.67 bits per heavy atom. The van der Waals surface area contributed by atoms with E-state index in [2.05, 4.69) is 12.2 Å². The third kappa shape index (κ3) is 4.25. The Hall–Kier alpha value is -1.47. The van der Waals surface area contributed by atoms with Crippen LogP contribution in [0.15, 0.2) is 23.1 Å². The molecule has 0 radical (unpaired) electrons. The molecule has 5 nitrogen and oxygen atoms in total. The zero-order valence-corrected chi connectivity index (χ0v) is 12.6. The molecule has 1 aliphatic rings. The van der Waals surface area contributed by atoms with Crippen molar-refractivity contribution in [2.75, 3.05) is 0 Å². The summed E-state index contributed by atoms with van der Waals surface area (Å²) in [7, 11) is -4.04. The summed E-state index contributed by atoms with van der Waals surface area (Å²) in [6.07, 6.45) is 3.94. The van der Waals surface area contributed by atoms with Gasteiger partial charge in [0.1, 0.15) is 5.82 Å². The fourth-order valence-electron chi connectivity index (χ4n) is 2.69. The lowest BCUT2D eigenvalue weighted by atomic mass is 9.87. The first-order valence-corrected chi connectivity index (χ1v) is 8.44. The molecule has 0 saturated heterocycles. The smallest absolute Gasteiger partial charge is 0.251 e. The fourth-order valence-corrected chi connectivity index (χ4v) is 3.26. The average molecular weight is 314 g/mol. The minimum absolute atomic E-state index is 0.0303. The fraction of sp³-hybridized carbons (Fsp3) is 0.500. The number of hydrogen-bond acceptors (Lipinski definition) is 3. The van der Waals surface area contributed by atoms with Gasteiger partial charge >= 0.3 is 0 Å². The van der Waals surface area contributed by atoms with Gasteiger partial charge in [0.2, 0.25) is 10.0 Å². The molecule has 1 saturated carbocycles. The van der Waals surface area contributed by atoms with Crippen LogP contribution in [0.4, 0.5) is 4.39 Å². The van der Waals surface area contributed by atoms with E-state index < -0.39 is 26.6 Å². The standard InChI is InChI=1S/C14H19FN2O3S/c1-9-3-2-4-12(5-9)17-14(18)10-6-11(15)8-13(7-10)21(16,19)20/h6-9,12H,2-5H2,1H3,(H,17,18)(H2,16,19,20). The van der Waals surface area contributed by atoms with E-state index in [9.17, 15) is 17.6 Å². The van der Waals surface area contributed by atoms with Gasteiger partial charge in [0.15, 0.2) is 0 Å². The first kappa shape index (κ1) is 15.9. The second-order valence-corrected chi connectivity index (χ2v) is 7.22. The summed E-state index contributed by atoms with van der Waals surface area (Å²) in [5.74, 6) is -0.737. The van der Waals surface area contributed by atoms with E-state index in [-0.39, 0.29) is 11.6 Å².